The Balaban J connectivity index is 1.62. The lowest BCUT2D eigenvalue weighted by Gasteiger charge is -2.15. The van der Waals surface area contributed by atoms with Crippen LogP contribution in [0.25, 0.3) is 11.0 Å². The fourth-order valence-corrected chi connectivity index (χ4v) is 2.74. The average Bonchev–Trinajstić information content (AvgIpc) is 3.22. The van der Waals surface area contributed by atoms with E-state index >= 15 is 0 Å². The standard InChI is InChI=1S/C16H17N5O3/c1-10(11-2-3-13-14(6-11)24-9-23-13)20-15-12-7-19-21(4-5-22)16(12)18-8-17-15/h2-3,6-8,10,22H,4-5,9H2,1H3,(H,17,18,20)/t10-/m1/s1. The fourth-order valence-electron chi connectivity index (χ4n) is 2.74. The van der Waals surface area contributed by atoms with Crippen LogP contribution in [0.2, 0.25) is 0 Å². The normalized spacial score (nSPS) is 14.1. The lowest BCUT2D eigenvalue weighted by Crippen LogP contribution is -2.09. The van der Waals surface area contributed by atoms with Gasteiger partial charge in [0.2, 0.25) is 6.79 Å². The first-order chi connectivity index (χ1) is 11.8. The number of nitrogens with one attached hydrogen (secondary N) is 1. The molecule has 3 heterocycles. The van der Waals surface area contributed by atoms with Gasteiger partial charge in [-0.1, -0.05) is 6.07 Å². The lowest BCUT2D eigenvalue weighted by atomic mass is 10.1. The minimum absolute atomic E-state index is 0.0111. The van der Waals surface area contributed by atoms with Crippen LogP contribution in [-0.4, -0.2) is 38.3 Å². The molecule has 0 fully saturated rings. The molecule has 2 aromatic heterocycles. The van der Waals surface area contributed by atoms with Crippen molar-refractivity contribution in [3.63, 3.8) is 0 Å². The lowest BCUT2D eigenvalue weighted by molar-refractivity contribution is 0.174. The quantitative estimate of drug-likeness (QED) is 0.737. The van der Waals surface area contributed by atoms with Crippen molar-refractivity contribution in [2.75, 3.05) is 18.7 Å². The van der Waals surface area contributed by atoms with Crippen LogP contribution >= 0.6 is 0 Å². The molecule has 0 saturated heterocycles. The number of aromatic nitrogens is 4. The molecule has 124 valence electrons. The summed E-state index contributed by atoms with van der Waals surface area (Å²) in [4.78, 5) is 8.57. The van der Waals surface area contributed by atoms with Gasteiger partial charge in [0.1, 0.15) is 12.1 Å². The second-order valence-electron chi connectivity index (χ2n) is 5.53. The molecular weight excluding hydrogens is 310 g/mol. The zero-order valence-corrected chi connectivity index (χ0v) is 13.1. The molecule has 1 aromatic carbocycles. The van der Waals surface area contributed by atoms with Crippen molar-refractivity contribution in [3.8, 4) is 11.5 Å². The predicted octanol–water partition coefficient (Wildman–Crippen LogP) is 1.72. The van der Waals surface area contributed by atoms with Gasteiger partial charge < -0.3 is 19.9 Å². The molecular formula is C16H17N5O3. The largest absolute Gasteiger partial charge is 0.454 e. The number of hydrogen-bond donors (Lipinski definition) is 2. The Labute approximate surface area is 138 Å². The first kappa shape index (κ1) is 14.7. The van der Waals surface area contributed by atoms with Gasteiger partial charge in [-0.2, -0.15) is 5.10 Å². The molecule has 4 rings (SSSR count). The zero-order valence-electron chi connectivity index (χ0n) is 13.1. The molecule has 1 aliphatic heterocycles. The van der Waals surface area contributed by atoms with Crippen molar-refractivity contribution in [3.05, 3.63) is 36.3 Å². The Hall–Kier alpha value is -2.87. The number of aliphatic hydroxyl groups is 1. The van der Waals surface area contributed by atoms with E-state index in [9.17, 15) is 0 Å². The summed E-state index contributed by atoms with van der Waals surface area (Å²) in [6, 6.07) is 5.88. The van der Waals surface area contributed by atoms with Crippen molar-refractivity contribution >= 4 is 16.9 Å². The maximum Gasteiger partial charge on any atom is 0.231 e. The number of hydrogen-bond acceptors (Lipinski definition) is 7. The SMILES string of the molecule is C[C@@H](Nc1ncnc2c1cnn2CCO)c1ccc2c(c1)OCO2. The van der Waals surface area contributed by atoms with Gasteiger partial charge in [-0.05, 0) is 24.6 Å². The third kappa shape index (κ3) is 2.50. The summed E-state index contributed by atoms with van der Waals surface area (Å²) in [5.74, 6) is 2.22. The van der Waals surface area contributed by atoms with Crippen LogP contribution in [0.3, 0.4) is 0 Å². The molecule has 2 N–H and O–H groups in total. The van der Waals surface area contributed by atoms with Crippen LogP contribution in [0.4, 0.5) is 5.82 Å². The van der Waals surface area contributed by atoms with Crippen LogP contribution in [0.15, 0.2) is 30.7 Å². The van der Waals surface area contributed by atoms with Gasteiger partial charge in [0.05, 0.1) is 30.8 Å². The highest BCUT2D eigenvalue weighted by molar-refractivity contribution is 5.86. The van der Waals surface area contributed by atoms with Gasteiger partial charge in [-0.25, -0.2) is 14.6 Å². The predicted molar refractivity (Wildman–Crippen MR) is 87.0 cm³/mol. The van der Waals surface area contributed by atoms with E-state index in [1.807, 2.05) is 25.1 Å². The summed E-state index contributed by atoms with van der Waals surface area (Å²) in [7, 11) is 0. The van der Waals surface area contributed by atoms with E-state index in [2.05, 4.69) is 20.4 Å². The van der Waals surface area contributed by atoms with Gasteiger partial charge >= 0.3 is 0 Å². The molecule has 1 aliphatic rings. The van der Waals surface area contributed by atoms with Crippen LogP contribution in [0.1, 0.15) is 18.5 Å². The van der Waals surface area contributed by atoms with Crippen molar-refractivity contribution in [2.24, 2.45) is 0 Å². The maximum atomic E-state index is 9.10. The number of rotatable bonds is 5. The summed E-state index contributed by atoms with van der Waals surface area (Å²) >= 11 is 0. The smallest absolute Gasteiger partial charge is 0.231 e. The van der Waals surface area contributed by atoms with Crippen LogP contribution < -0.4 is 14.8 Å². The molecule has 1 atom stereocenters. The van der Waals surface area contributed by atoms with Crippen molar-refractivity contribution in [2.45, 2.75) is 19.5 Å². The van der Waals surface area contributed by atoms with Gasteiger partial charge in [0.25, 0.3) is 0 Å². The molecule has 8 heteroatoms. The van der Waals surface area contributed by atoms with E-state index in [1.54, 1.807) is 10.9 Å². The first-order valence-corrected chi connectivity index (χ1v) is 7.69. The highest BCUT2D eigenvalue weighted by atomic mass is 16.7. The van der Waals surface area contributed by atoms with Crippen LogP contribution in [0, 0.1) is 0 Å². The monoisotopic (exact) mass is 327 g/mol. The average molecular weight is 327 g/mol. The molecule has 0 unspecified atom stereocenters. The van der Waals surface area contributed by atoms with E-state index in [4.69, 9.17) is 14.6 Å². The van der Waals surface area contributed by atoms with E-state index in [-0.39, 0.29) is 19.4 Å². The second-order valence-corrected chi connectivity index (χ2v) is 5.53. The number of anilines is 1. The summed E-state index contributed by atoms with van der Waals surface area (Å²) < 4.78 is 12.4. The van der Waals surface area contributed by atoms with Gasteiger partial charge in [0.15, 0.2) is 17.1 Å². The first-order valence-electron chi connectivity index (χ1n) is 7.69. The molecule has 0 radical (unpaired) electrons. The summed E-state index contributed by atoms with van der Waals surface area (Å²) in [5.41, 5.74) is 1.76. The highest BCUT2D eigenvalue weighted by Gasteiger charge is 2.17. The van der Waals surface area contributed by atoms with Crippen molar-refractivity contribution < 1.29 is 14.6 Å². The van der Waals surface area contributed by atoms with Gasteiger partial charge in [-0.3, -0.25) is 0 Å². The topological polar surface area (TPSA) is 94.3 Å². The molecule has 0 bridgehead atoms. The number of benzene rings is 1. The number of nitrogens with zero attached hydrogens (tertiary/aromatic N) is 4. The molecule has 0 aliphatic carbocycles. The minimum atomic E-state index is 0.0111. The maximum absolute atomic E-state index is 9.10. The summed E-state index contributed by atoms with van der Waals surface area (Å²) in [5, 5.41) is 17.5. The highest BCUT2D eigenvalue weighted by Crippen LogP contribution is 2.35. The molecule has 0 saturated carbocycles. The van der Waals surface area contributed by atoms with Crippen LogP contribution in [0.5, 0.6) is 11.5 Å². The molecule has 0 spiro atoms. The molecule has 24 heavy (non-hydrogen) atoms. The number of fused-ring (bicyclic) bond motifs is 2. The van der Waals surface area contributed by atoms with E-state index in [0.717, 1.165) is 22.4 Å². The third-order valence-corrected chi connectivity index (χ3v) is 4.00. The van der Waals surface area contributed by atoms with E-state index in [0.29, 0.717) is 18.0 Å². The Morgan fingerprint density at radius 3 is 3.04 bits per heavy atom. The Morgan fingerprint density at radius 2 is 2.17 bits per heavy atom. The third-order valence-electron chi connectivity index (χ3n) is 4.00. The van der Waals surface area contributed by atoms with E-state index < -0.39 is 0 Å². The fraction of sp³-hybridized carbons (Fsp3) is 0.312. The Kier molecular flexibility index (Phi) is 3.66. The molecule has 3 aromatic rings. The zero-order chi connectivity index (χ0) is 16.5. The second kappa shape index (κ2) is 5.97. The van der Waals surface area contributed by atoms with Crippen molar-refractivity contribution in [1.29, 1.82) is 0 Å². The van der Waals surface area contributed by atoms with Gasteiger partial charge in [0, 0.05) is 0 Å². The van der Waals surface area contributed by atoms with E-state index in [1.165, 1.54) is 6.33 Å². The molecule has 8 nitrogen and oxygen atoms in total. The Bertz CT molecular complexity index is 879. The summed E-state index contributed by atoms with van der Waals surface area (Å²) in [6.07, 6.45) is 3.20. The number of ether oxygens (including phenoxy) is 2. The number of aliphatic hydroxyl groups excluding tert-OH is 1. The van der Waals surface area contributed by atoms with Gasteiger partial charge in [-0.15, -0.1) is 0 Å². The van der Waals surface area contributed by atoms with Crippen LogP contribution in [-0.2, 0) is 6.54 Å². The molecule has 0 amide bonds. The Morgan fingerprint density at radius 1 is 1.29 bits per heavy atom. The minimum Gasteiger partial charge on any atom is -0.454 e. The van der Waals surface area contributed by atoms with Crippen molar-refractivity contribution in [1.82, 2.24) is 19.7 Å². The summed E-state index contributed by atoms with van der Waals surface area (Å²) in [6.45, 7) is 2.72.